The van der Waals surface area contributed by atoms with Crippen LogP contribution in [0.25, 0.3) is 22.3 Å². The summed E-state index contributed by atoms with van der Waals surface area (Å²) in [6.45, 7) is 4.14. The zero-order valence-corrected chi connectivity index (χ0v) is 21.7. The van der Waals surface area contributed by atoms with Gasteiger partial charge in [0.1, 0.15) is 23.3 Å². The van der Waals surface area contributed by atoms with Crippen molar-refractivity contribution in [2.24, 2.45) is 5.92 Å². The van der Waals surface area contributed by atoms with Crippen molar-refractivity contribution in [2.45, 2.75) is 77.3 Å². The SMILES string of the molecule is CCC(=O)N[C@H]1CC[C@H](NC(=O)c2c(C)[nH]c3c(-c4cc(C(F)F)ccc4OCC4CC4)ncnc23)CC1. The molecule has 0 saturated heterocycles. The molecule has 1 aromatic carbocycles. The van der Waals surface area contributed by atoms with E-state index in [9.17, 15) is 18.4 Å². The highest BCUT2D eigenvalue weighted by atomic mass is 19.3. The standard InChI is InChI=1S/C28H33F2N5O3/c1-3-22(36)34-18-7-9-19(10-8-18)35-28(37)23-15(2)33-26-24(31-14-32-25(23)26)20-12-17(27(29)30)6-11-21(20)38-13-16-4-5-16/h6,11-12,14,16,18-19,27,33H,3-5,7-10,13H2,1-2H3,(H,34,36)(H,35,37)/t18-,19-. The van der Waals surface area contributed by atoms with Crippen LogP contribution in [-0.2, 0) is 4.79 Å². The summed E-state index contributed by atoms with van der Waals surface area (Å²) in [6, 6.07) is 4.47. The molecule has 0 unspecified atom stereocenters. The Balaban J connectivity index is 1.40. The van der Waals surface area contributed by atoms with Gasteiger partial charge in [0.25, 0.3) is 12.3 Å². The molecule has 2 aliphatic rings. The average Bonchev–Trinajstić information content (AvgIpc) is 3.67. The number of H-pyrrole nitrogens is 1. The summed E-state index contributed by atoms with van der Waals surface area (Å²) in [7, 11) is 0. The van der Waals surface area contributed by atoms with Crippen LogP contribution >= 0.6 is 0 Å². The molecule has 202 valence electrons. The lowest BCUT2D eigenvalue weighted by atomic mass is 9.91. The van der Waals surface area contributed by atoms with Crippen molar-refractivity contribution in [1.29, 1.82) is 0 Å². The number of fused-ring (bicyclic) bond motifs is 1. The summed E-state index contributed by atoms with van der Waals surface area (Å²) < 4.78 is 33.2. The smallest absolute Gasteiger partial charge is 0.263 e. The van der Waals surface area contributed by atoms with E-state index in [1.54, 1.807) is 13.0 Å². The van der Waals surface area contributed by atoms with E-state index in [2.05, 4.69) is 25.6 Å². The minimum absolute atomic E-state index is 0.00640. The van der Waals surface area contributed by atoms with Crippen molar-refractivity contribution in [1.82, 2.24) is 25.6 Å². The van der Waals surface area contributed by atoms with Crippen LogP contribution in [0, 0.1) is 12.8 Å². The van der Waals surface area contributed by atoms with Gasteiger partial charge in [-0.05, 0) is 69.6 Å². The lowest BCUT2D eigenvalue weighted by Crippen LogP contribution is -2.43. The minimum Gasteiger partial charge on any atom is -0.493 e. The number of nitrogens with one attached hydrogen (secondary N) is 3. The van der Waals surface area contributed by atoms with Crippen molar-refractivity contribution < 1.29 is 23.1 Å². The summed E-state index contributed by atoms with van der Waals surface area (Å²) in [6.07, 6.45) is 4.52. The number of carbonyl (C=O) groups is 2. The van der Waals surface area contributed by atoms with E-state index in [4.69, 9.17) is 4.74 Å². The van der Waals surface area contributed by atoms with E-state index >= 15 is 0 Å². The second-order valence-electron chi connectivity index (χ2n) is 10.3. The van der Waals surface area contributed by atoms with Gasteiger partial charge in [-0.15, -0.1) is 0 Å². The van der Waals surface area contributed by atoms with Crippen LogP contribution in [0.4, 0.5) is 8.78 Å². The molecule has 2 saturated carbocycles. The molecule has 2 heterocycles. The number of aromatic nitrogens is 3. The third-order valence-corrected chi connectivity index (χ3v) is 7.43. The number of amides is 2. The summed E-state index contributed by atoms with van der Waals surface area (Å²) in [5.74, 6) is 0.768. The molecule has 2 aliphatic carbocycles. The van der Waals surface area contributed by atoms with E-state index in [1.807, 2.05) is 6.92 Å². The van der Waals surface area contributed by atoms with Crippen LogP contribution in [-0.4, -0.2) is 45.5 Å². The number of ether oxygens (including phenoxy) is 1. The van der Waals surface area contributed by atoms with Gasteiger partial charge in [-0.1, -0.05) is 6.92 Å². The number of carbonyl (C=O) groups excluding carboxylic acids is 2. The Labute approximate surface area is 220 Å². The van der Waals surface area contributed by atoms with Crippen molar-refractivity contribution in [3.8, 4) is 17.0 Å². The maximum absolute atomic E-state index is 13.6. The van der Waals surface area contributed by atoms with Gasteiger partial charge < -0.3 is 20.4 Å². The highest BCUT2D eigenvalue weighted by molar-refractivity contribution is 6.09. The zero-order chi connectivity index (χ0) is 26.8. The van der Waals surface area contributed by atoms with Gasteiger partial charge in [-0.2, -0.15) is 0 Å². The number of rotatable bonds is 9. The Hall–Kier alpha value is -3.56. The van der Waals surface area contributed by atoms with Crippen LogP contribution < -0.4 is 15.4 Å². The van der Waals surface area contributed by atoms with Crippen LogP contribution in [0.3, 0.4) is 0 Å². The number of hydrogen-bond acceptors (Lipinski definition) is 5. The van der Waals surface area contributed by atoms with Gasteiger partial charge in [0.2, 0.25) is 5.91 Å². The topological polar surface area (TPSA) is 109 Å². The van der Waals surface area contributed by atoms with Crippen LogP contribution in [0.5, 0.6) is 5.75 Å². The van der Waals surface area contributed by atoms with Crippen molar-refractivity contribution in [3.63, 3.8) is 0 Å². The second-order valence-corrected chi connectivity index (χ2v) is 10.3. The summed E-state index contributed by atoms with van der Waals surface area (Å²) >= 11 is 0. The van der Waals surface area contributed by atoms with Crippen molar-refractivity contribution in [3.05, 3.63) is 41.3 Å². The number of benzene rings is 1. The highest BCUT2D eigenvalue weighted by Crippen LogP contribution is 2.38. The average molecular weight is 526 g/mol. The maximum atomic E-state index is 13.6. The quantitative estimate of drug-likeness (QED) is 0.355. The van der Waals surface area contributed by atoms with E-state index in [0.29, 0.717) is 58.2 Å². The number of nitrogens with zero attached hydrogens (tertiary/aromatic N) is 2. The molecule has 8 nitrogen and oxygen atoms in total. The molecule has 0 radical (unpaired) electrons. The van der Waals surface area contributed by atoms with E-state index in [1.165, 1.54) is 18.5 Å². The molecule has 3 aromatic rings. The first-order valence-electron chi connectivity index (χ1n) is 13.3. The van der Waals surface area contributed by atoms with Gasteiger partial charge >= 0.3 is 0 Å². The molecular formula is C28H33F2N5O3. The molecule has 0 atom stereocenters. The predicted octanol–water partition coefficient (Wildman–Crippen LogP) is 5.23. The zero-order valence-electron chi connectivity index (χ0n) is 21.7. The third kappa shape index (κ3) is 5.63. The fourth-order valence-electron chi connectivity index (χ4n) is 5.06. The van der Waals surface area contributed by atoms with Crippen LogP contribution in [0.2, 0.25) is 0 Å². The van der Waals surface area contributed by atoms with Crippen LogP contribution in [0.1, 0.15) is 79.9 Å². The van der Waals surface area contributed by atoms with Gasteiger partial charge in [-0.3, -0.25) is 9.59 Å². The Bertz CT molecular complexity index is 1330. The largest absolute Gasteiger partial charge is 0.493 e. The minimum atomic E-state index is -2.64. The van der Waals surface area contributed by atoms with E-state index < -0.39 is 6.43 Å². The fourth-order valence-corrected chi connectivity index (χ4v) is 5.06. The molecule has 0 aliphatic heterocycles. The molecule has 2 fully saturated rings. The third-order valence-electron chi connectivity index (χ3n) is 7.43. The van der Waals surface area contributed by atoms with Crippen molar-refractivity contribution in [2.75, 3.05) is 6.61 Å². The Morgan fingerprint density at radius 1 is 1.08 bits per heavy atom. The Morgan fingerprint density at radius 2 is 1.79 bits per heavy atom. The Morgan fingerprint density at radius 3 is 2.45 bits per heavy atom. The lowest BCUT2D eigenvalue weighted by Gasteiger charge is -2.29. The lowest BCUT2D eigenvalue weighted by molar-refractivity contribution is -0.121. The fraction of sp³-hybridized carbons (Fsp3) is 0.500. The molecule has 10 heteroatoms. The first-order chi connectivity index (χ1) is 18.3. The molecule has 3 N–H and O–H groups in total. The molecule has 5 rings (SSSR count). The molecule has 2 aromatic heterocycles. The number of alkyl halides is 2. The summed E-state index contributed by atoms with van der Waals surface area (Å²) in [5.41, 5.74) is 2.70. The van der Waals surface area contributed by atoms with Gasteiger partial charge in [0.05, 0.1) is 17.7 Å². The summed E-state index contributed by atoms with van der Waals surface area (Å²) in [4.78, 5) is 37.1. The Kier molecular flexibility index (Phi) is 7.58. The van der Waals surface area contributed by atoms with Gasteiger partial charge in [-0.25, -0.2) is 18.7 Å². The summed E-state index contributed by atoms with van der Waals surface area (Å²) in [5, 5.41) is 6.15. The molecule has 38 heavy (non-hydrogen) atoms. The van der Waals surface area contributed by atoms with Crippen molar-refractivity contribution >= 4 is 22.8 Å². The molecule has 0 spiro atoms. The van der Waals surface area contributed by atoms with Gasteiger partial charge in [0.15, 0.2) is 0 Å². The predicted molar refractivity (Wildman–Crippen MR) is 139 cm³/mol. The van der Waals surface area contributed by atoms with E-state index in [-0.39, 0.29) is 29.5 Å². The first-order valence-corrected chi connectivity index (χ1v) is 13.3. The van der Waals surface area contributed by atoms with Gasteiger partial charge in [0, 0.05) is 35.3 Å². The number of halogens is 2. The van der Waals surface area contributed by atoms with Crippen LogP contribution in [0.15, 0.2) is 24.5 Å². The number of hydrogen-bond donors (Lipinski definition) is 3. The monoisotopic (exact) mass is 525 g/mol. The highest BCUT2D eigenvalue weighted by Gasteiger charge is 2.28. The molecular weight excluding hydrogens is 492 g/mol. The second kappa shape index (κ2) is 11.0. The maximum Gasteiger partial charge on any atom is 0.263 e. The first kappa shape index (κ1) is 26.1. The molecule has 0 bridgehead atoms. The van der Waals surface area contributed by atoms with E-state index in [0.717, 1.165) is 38.5 Å². The normalized spacial score (nSPS) is 19.5. The number of aryl methyl sites for hydroxylation is 1. The molecule has 2 amide bonds. The number of aromatic amines is 1.